The summed E-state index contributed by atoms with van der Waals surface area (Å²) in [7, 11) is 0. The van der Waals surface area contributed by atoms with Crippen molar-refractivity contribution in [2.75, 3.05) is 26.2 Å². The fourth-order valence-electron chi connectivity index (χ4n) is 3.90. The molecule has 4 rings (SSSR count). The van der Waals surface area contributed by atoms with Crippen molar-refractivity contribution in [2.24, 2.45) is 11.8 Å². The Morgan fingerprint density at radius 3 is 2.50 bits per heavy atom. The van der Waals surface area contributed by atoms with E-state index in [0.717, 1.165) is 5.92 Å². The standard InChI is InChI=1S/C13H24N2O/c16-9-11-2-1-3-12(11)14-13-8-15-6-4-10(13)5-7-15/h10-14,16H,1-9H2. The summed E-state index contributed by atoms with van der Waals surface area (Å²) in [5.41, 5.74) is 0. The van der Waals surface area contributed by atoms with Crippen LogP contribution in [-0.4, -0.2) is 48.3 Å². The maximum Gasteiger partial charge on any atom is 0.0474 e. The number of rotatable bonds is 3. The van der Waals surface area contributed by atoms with Gasteiger partial charge in [-0.15, -0.1) is 0 Å². The number of nitrogens with zero attached hydrogens (tertiary/aromatic N) is 1. The fourth-order valence-corrected chi connectivity index (χ4v) is 3.90. The summed E-state index contributed by atoms with van der Waals surface area (Å²) in [5, 5.41) is 13.2. The Kier molecular flexibility index (Phi) is 3.18. The topological polar surface area (TPSA) is 35.5 Å². The number of fused-ring (bicyclic) bond motifs is 3. The summed E-state index contributed by atoms with van der Waals surface area (Å²) in [5.74, 6) is 1.43. The van der Waals surface area contributed by atoms with Gasteiger partial charge in [-0.3, -0.25) is 0 Å². The van der Waals surface area contributed by atoms with Gasteiger partial charge in [0.15, 0.2) is 0 Å². The van der Waals surface area contributed by atoms with E-state index in [0.29, 0.717) is 24.6 Å². The Hall–Kier alpha value is -0.120. The van der Waals surface area contributed by atoms with Crippen LogP contribution >= 0.6 is 0 Å². The van der Waals surface area contributed by atoms with Gasteiger partial charge >= 0.3 is 0 Å². The van der Waals surface area contributed by atoms with Gasteiger partial charge in [0.2, 0.25) is 0 Å². The molecule has 0 amide bonds. The van der Waals surface area contributed by atoms with E-state index in [2.05, 4.69) is 10.2 Å². The molecule has 0 aromatic carbocycles. The van der Waals surface area contributed by atoms with Crippen LogP contribution in [0.25, 0.3) is 0 Å². The zero-order chi connectivity index (χ0) is 11.0. The Bertz CT molecular complexity index is 238. The number of aliphatic hydroxyl groups excluding tert-OH is 1. The molecule has 2 bridgehead atoms. The molecule has 1 aliphatic carbocycles. The number of hydrogen-bond acceptors (Lipinski definition) is 3. The van der Waals surface area contributed by atoms with Crippen molar-refractivity contribution in [1.82, 2.24) is 10.2 Å². The lowest BCUT2D eigenvalue weighted by Gasteiger charge is -2.46. The van der Waals surface area contributed by atoms with Gasteiger partial charge in [-0.1, -0.05) is 6.42 Å². The van der Waals surface area contributed by atoms with Crippen LogP contribution in [0.1, 0.15) is 32.1 Å². The first kappa shape index (κ1) is 11.0. The highest BCUT2D eigenvalue weighted by Gasteiger charge is 2.37. The lowest BCUT2D eigenvalue weighted by molar-refractivity contribution is 0.0611. The van der Waals surface area contributed by atoms with Crippen molar-refractivity contribution >= 4 is 0 Å². The maximum absolute atomic E-state index is 9.35. The predicted octanol–water partition coefficient (Wildman–Crippen LogP) is 0.831. The molecule has 1 saturated carbocycles. The van der Waals surface area contributed by atoms with E-state index in [1.54, 1.807) is 0 Å². The molecule has 0 aromatic rings. The van der Waals surface area contributed by atoms with Crippen LogP contribution in [0.4, 0.5) is 0 Å². The average molecular weight is 224 g/mol. The second-order valence-corrected chi connectivity index (χ2v) is 5.89. The van der Waals surface area contributed by atoms with Gasteiger partial charge in [0.05, 0.1) is 0 Å². The molecule has 3 heterocycles. The Balaban J connectivity index is 1.58. The molecule has 0 radical (unpaired) electrons. The van der Waals surface area contributed by atoms with Crippen molar-refractivity contribution in [3.05, 3.63) is 0 Å². The molecule has 3 saturated heterocycles. The summed E-state index contributed by atoms with van der Waals surface area (Å²) in [6, 6.07) is 1.30. The molecule has 4 aliphatic rings. The SMILES string of the molecule is OCC1CCCC1NC1CN2CCC1CC2. The Morgan fingerprint density at radius 1 is 1.06 bits per heavy atom. The maximum atomic E-state index is 9.35. The highest BCUT2D eigenvalue weighted by atomic mass is 16.3. The fraction of sp³-hybridized carbons (Fsp3) is 1.00. The summed E-state index contributed by atoms with van der Waals surface area (Å²) in [6.07, 6.45) is 6.55. The Morgan fingerprint density at radius 2 is 1.88 bits per heavy atom. The van der Waals surface area contributed by atoms with Crippen LogP contribution in [0.5, 0.6) is 0 Å². The van der Waals surface area contributed by atoms with Crippen LogP contribution in [-0.2, 0) is 0 Å². The third-order valence-corrected chi connectivity index (χ3v) is 4.98. The first-order valence-electron chi connectivity index (χ1n) is 6.96. The van der Waals surface area contributed by atoms with E-state index < -0.39 is 0 Å². The van der Waals surface area contributed by atoms with E-state index in [4.69, 9.17) is 0 Å². The number of aliphatic hydroxyl groups is 1. The molecule has 16 heavy (non-hydrogen) atoms. The summed E-state index contributed by atoms with van der Waals surface area (Å²) in [6.45, 7) is 4.26. The predicted molar refractivity (Wildman–Crippen MR) is 64.3 cm³/mol. The molecular weight excluding hydrogens is 200 g/mol. The minimum absolute atomic E-state index is 0.374. The van der Waals surface area contributed by atoms with Crippen LogP contribution in [0, 0.1) is 11.8 Å². The molecule has 3 heteroatoms. The van der Waals surface area contributed by atoms with Gasteiger partial charge < -0.3 is 15.3 Å². The van der Waals surface area contributed by atoms with Gasteiger partial charge in [0, 0.05) is 25.2 Å². The molecule has 3 nitrogen and oxygen atoms in total. The average Bonchev–Trinajstić information content (AvgIpc) is 2.78. The minimum atomic E-state index is 0.374. The molecule has 2 N–H and O–H groups in total. The second-order valence-electron chi connectivity index (χ2n) is 5.89. The smallest absolute Gasteiger partial charge is 0.0474 e. The van der Waals surface area contributed by atoms with E-state index in [1.165, 1.54) is 51.7 Å². The van der Waals surface area contributed by atoms with E-state index in [1.807, 2.05) is 0 Å². The zero-order valence-electron chi connectivity index (χ0n) is 10.1. The minimum Gasteiger partial charge on any atom is -0.396 e. The van der Waals surface area contributed by atoms with Crippen LogP contribution in [0.2, 0.25) is 0 Å². The first-order valence-corrected chi connectivity index (χ1v) is 6.96. The third kappa shape index (κ3) is 2.01. The Labute approximate surface area is 98.2 Å². The monoisotopic (exact) mass is 224 g/mol. The summed E-state index contributed by atoms with van der Waals surface area (Å²) in [4.78, 5) is 2.60. The van der Waals surface area contributed by atoms with Gasteiger partial charge in [0.1, 0.15) is 0 Å². The molecule has 0 spiro atoms. The van der Waals surface area contributed by atoms with E-state index in [-0.39, 0.29) is 0 Å². The number of nitrogens with one attached hydrogen (secondary N) is 1. The quantitative estimate of drug-likeness (QED) is 0.745. The van der Waals surface area contributed by atoms with E-state index in [9.17, 15) is 5.11 Å². The van der Waals surface area contributed by atoms with Crippen molar-refractivity contribution in [1.29, 1.82) is 0 Å². The molecule has 4 fully saturated rings. The molecule has 0 aromatic heterocycles. The summed E-state index contributed by atoms with van der Waals surface area (Å²) >= 11 is 0. The summed E-state index contributed by atoms with van der Waals surface area (Å²) < 4.78 is 0. The van der Waals surface area contributed by atoms with Crippen molar-refractivity contribution < 1.29 is 5.11 Å². The van der Waals surface area contributed by atoms with Crippen LogP contribution in [0.15, 0.2) is 0 Å². The van der Waals surface area contributed by atoms with Crippen LogP contribution in [0.3, 0.4) is 0 Å². The molecule has 3 atom stereocenters. The van der Waals surface area contributed by atoms with Crippen molar-refractivity contribution in [3.8, 4) is 0 Å². The lowest BCUT2D eigenvalue weighted by atomic mass is 9.83. The van der Waals surface area contributed by atoms with Gasteiger partial charge in [-0.2, -0.15) is 0 Å². The number of piperidine rings is 3. The largest absolute Gasteiger partial charge is 0.396 e. The number of hydrogen-bond donors (Lipinski definition) is 2. The second kappa shape index (κ2) is 4.63. The van der Waals surface area contributed by atoms with Crippen LogP contribution < -0.4 is 5.32 Å². The van der Waals surface area contributed by atoms with Gasteiger partial charge in [-0.25, -0.2) is 0 Å². The van der Waals surface area contributed by atoms with E-state index >= 15 is 0 Å². The lowest BCUT2D eigenvalue weighted by Crippen LogP contribution is -2.58. The highest BCUT2D eigenvalue weighted by Crippen LogP contribution is 2.31. The van der Waals surface area contributed by atoms with Crippen molar-refractivity contribution in [3.63, 3.8) is 0 Å². The molecule has 92 valence electrons. The third-order valence-electron chi connectivity index (χ3n) is 4.98. The zero-order valence-corrected chi connectivity index (χ0v) is 10.1. The van der Waals surface area contributed by atoms with Gasteiger partial charge in [-0.05, 0) is 50.6 Å². The van der Waals surface area contributed by atoms with Gasteiger partial charge in [0.25, 0.3) is 0 Å². The first-order chi connectivity index (χ1) is 7.86. The molecular formula is C13H24N2O. The normalized spacial score (nSPS) is 47.4. The molecule has 3 unspecified atom stereocenters. The highest BCUT2D eigenvalue weighted by molar-refractivity contribution is 4.94. The molecule has 3 aliphatic heterocycles. The van der Waals surface area contributed by atoms with Crippen molar-refractivity contribution in [2.45, 2.75) is 44.2 Å².